The van der Waals surface area contributed by atoms with Crippen molar-refractivity contribution in [2.45, 2.75) is 71.1 Å². The van der Waals surface area contributed by atoms with Gasteiger partial charge in [0.05, 0.1) is 12.9 Å². The molecule has 0 radical (unpaired) electrons. The fraction of sp³-hybridized carbons (Fsp3) is 1.00. The summed E-state index contributed by atoms with van der Waals surface area (Å²) in [5.41, 5.74) is 0. The minimum Gasteiger partial charge on any atom is -0.269 e. The van der Waals surface area contributed by atoms with E-state index in [2.05, 4.69) is 11.1 Å². The average molecular weight is 325 g/mol. The average Bonchev–Trinajstić information content (AvgIpc) is 2.38. The first-order valence-corrected chi connectivity index (χ1v) is 11.0. The summed E-state index contributed by atoms with van der Waals surface area (Å²) < 4.78 is 26.1. The molecule has 0 atom stereocenters. The maximum Gasteiger partial charge on any atom is 0.264 e. The van der Waals surface area contributed by atoms with Crippen molar-refractivity contribution in [3.05, 3.63) is 0 Å². The van der Waals surface area contributed by atoms with Gasteiger partial charge in [-0.1, -0.05) is 64.7 Å². The molecule has 0 heterocycles. The second-order valence-electron chi connectivity index (χ2n) is 5.32. The van der Waals surface area contributed by atoms with Gasteiger partial charge in [-0.2, -0.15) is 20.2 Å². The summed E-state index contributed by atoms with van der Waals surface area (Å²) in [5.74, 6) is 1.88. The van der Waals surface area contributed by atoms with E-state index in [1.807, 2.05) is 0 Å². The van der Waals surface area contributed by atoms with Gasteiger partial charge in [0.2, 0.25) is 0 Å². The SMILES string of the molecule is CCCCCCCCCCCCSCCOS(C)(=O)=O. The number of hydrogen-bond acceptors (Lipinski definition) is 4. The van der Waals surface area contributed by atoms with Crippen molar-refractivity contribution < 1.29 is 12.6 Å². The predicted molar refractivity (Wildman–Crippen MR) is 90.0 cm³/mol. The molecule has 0 saturated carbocycles. The molecule has 0 fully saturated rings. The Morgan fingerprint density at radius 3 is 1.80 bits per heavy atom. The molecule has 0 aromatic heterocycles. The zero-order chi connectivity index (χ0) is 15.1. The summed E-state index contributed by atoms with van der Waals surface area (Å²) in [6.07, 6.45) is 14.7. The first-order valence-electron chi connectivity index (χ1n) is 7.98. The maximum absolute atomic E-state index is 10.7. The van der Waals surface area contributed by atoms with Crippen molar-refractivity contribution in [1.29, 1.82) is 0 Å². The molecule has 0 aliphatic carbocycles. The van der Waals surface area contributed by atoms with Gasteiger partial charge >= 0.3 is 0 Å². The van der Waals surface area contributed by atoms with Crippen LogP contribution in [0.25, 0.3) is 0 Å². The Hall–Kier alpha value is 0.260. The lowest BCUT2D eigenvalue weighted by Gasteiger charge is -2.03. The second-order valence-corrected chi connectivity index (χ2v) is 8.19. The van der Waals surface area contributed by atoms with Crippen molar-refractivity contribution in [1.82, 2.24) is 0 Å². The summed E-state index contributed by atoms with van der Waals surface area (Å²) in [4.78, 5) is 0. The van der Waals surface area contributed by atoms with Crippen LogP contribution in [0.15, 0.2) is 0 Å². The Morgan fingerprint density at radius 2 is 1.30 bits per heavy atom. The minimum absolute atomic E-state index is 0.307. The lowest BCUT2D eigenvalue weighted by molar-refractivity contribution is 0.345. The monoisotopic (exact) mass is 324 g/mol. The summed E-state index contributed by atoms with van der Waals surface area (Å²) in [7, 11) is -3.25. The van der Waals surface area contributed by atoms with Crippen molar-refractivity contribution >= 4 is 21.9 Å². The van der Waals surface area contributed by atoms with Gasteiger partial charge in [0.15, 0.2) is 0 Å². The van der Waals surface area contributed by atoms with E-state index in [-0.39, 0.29) is 0 Å². The molecule has 0 bridgehead atoms. The molecule has 3 nitrogen and oxygen atoms in total. The zero-order valence-corrected chi connectivity index (χ0v) is 14.9. The highest BCUT2D eigenvalue weighted by Gasteiger charge is 2.00. The normalized spacial score (nSPS) is 11.9. The highest BCUT2D eigenvalue weighted by molar-refractivity contribution is 7.99. The fourth-order valence-electron chi connectivity index (χ4n) is 2.04. The van der Waals surface area contributed by atoms with E-state index in [1.54, 1.807) is 11.8 Å². The smallest absolute Gasteiger partial charge is 0.264 e. The van der Waals surface area contributed by atoms with Crippen LogP contribution in [0.2, 0.25) is 0 Å². The molecule has 122 valence electrons. The first-order chi connectivity index (χ1) is 9.56. The number of thioether (sulfide) groups is 1. The van der Waals surface area contributed by atoms with Gasteiger partial charge in [-0.05, 0) is 12.2 Å². The van der Waals surface area contributed by atoms with E-state index in [4.69, 9.17) is 0 Å². The number of hydrogen-bond donors (Lipinski definition) is 0. The molecule has 0 aliphatic heterocycles. The summed E-state index contributed by atoms with van der Waals surface area (Å²) in [5, 5.41) is 0. The molecule has 0 spiro atoms. The van der Waals surface area contributed by atoms with Crippen molar-refractivity contribution in [2.75, 3.05) is 24.4 Å². The van der Waals surface area contributed by atoms with Gasteiger partial charge in [-0.15, -0.1) is 0 Å². The van der Waals surface area contributed by atoms with Gasteiger partial charge < -0.3 is 0 Å². The van der Waals surface area contributed by atoms with Crippen molar-refractivity contribution in [2.24, 2.45) is 0 Å². The molecule has 0 saturated heterocycles. The van der Waals surface area contributed by atoms with Crippen LogP contribution >= 0.6 is 11.8 Å². The molecule has 0 unspecified atom stereocenters. The van der Waals surface area contributed by atoms with Gasteiger partial charge in [0, 0.05) is 5.75 Å². The standard InChI is InChI=1S/C15H32O3S2/c1-3-4-5-6-7-8-9-10-11-12-14-19-15-13-18-20(2,16)17/h3-15H2,1-2H3. The highest BCUT2D eigenvalue weighted by atomic mass is 32.2. The van der Waals surface area contributed by atoms with Crippen LogP contribution in [0.5, 0.6) is 0 Å². The van der Waals surface area contributed by atoms with E-state index < -0.39 is 10.1 Å². The molecule has 0 aliphatic rings. The third-order valence-corrected chi connectivity index (χ3v) is 4.79. The van der Waals surface area contributed by atoms with Crippen LogP contribution in [0.3, 0.4) is 0 Å². The molecule has 0 amide bonds. The van der Waals surface area contributed by atoms with E-state index in [0.717, 1.165) is 17.8 Å². The molecule has 5 heteroatoms. The van der Waals surface area contributed by atoms with Gasteiger partial charge in [0.25, 0.3) is 10.1 Å². The van der Waals surface area contributed by atoms with Crippen LogP contribution < -0.4 is 0 Å². The Labute approximate surface area is 130 Å². The quantitative estimate of drug-likeness (QED) is 0.326. The summed E-state index contributed by atoms with van der Waals surface area (Å²) in [6.45, 7) is 2.56. The Balaban J connectivity index is 3.03. The minimum atomic E-state index is -3.25. The van der Waals surface area contributed by atoms with Crippen LogP contribution in [0, 0.1) is 0 Å². The Kier molecular flexibility index (Phi) is 14.4. The summed E-state index contributed by atoms with van der Waals surface area (Å²) >= 11 is 1.78. The maximum atomic E-state index is 10.7. The van der Waals surface area contributed by atoms with E-state index in [1.165, 1.54) is 64.2 Å². The Morgan fingerprint density at radius 1 is 0.800 bits per heavy atom. The molecule has 0 N–H and O–H groups in total. The van der Waals surface area contributed by atoms with E-state index >= 15 is 0 Å². The van der Waals surface area contributed by atoms with Gasteiger partial charge in [-0.3, -0.25) is 4.18 Å². The second kappa shape index (κ2) is 14.2. The van der Waals surface area contributed by atoms with Crippen molar-refractivity contribution in [3.63, 3.8) is 0 Å². The topological polar surface area (TPSA) is 43.4 Å². The number of unbranched alkanes of at least 4 members (excludes halogenated alkanes) is 9. The van der Waals surface area contributed by atoms with Gasteiger partial charge in [0.1, 0.15) is 0 Å². The Bertz CT molecular complexity index is 289. The van der Waals surface area contributed by atoms with Crippen LogP contribution in [-0.4, -0.2) is 32.8 Å². The predicted octanol–water partition coefficient (Wildman–Crippen LogP) is 4.62. The summed E-state index contributed by atoms with van der Waals surface area (Å²) in [6, 6.07) is 0. The lowest BCUT2D eigenvalue weighted by atomic mass is 10.1. The molecular weight excluding hydrogens is 292 g/mol. The molecule has 20 heavy (non-hydrogen) atoms. The van der Waals surface area contributed by atoms with Crippen molar-refractivity contribution in [3.8, 4) is 0 Å². The molecule has 0 aromatic carbocycles. The highest BCUT2D eigenvalue weighted by Crippen LogP contribution is 2.12. The van der Waals surface area contributed by atoms with Crippen LogP contribution in [0.4, 0.5) is 0 Å². The molecule has 0 aromatic rings. The largest absolute Gasteiger partial charge is 0.269 e. The first kappa shape index (κ1) is 20.3. The third kappa shape index (κ3) is 18.3. The fourth-order valence-corrected chi connectivity index (χ4v) is 3.34. The third-order valence-electron chi connectivity index (χ3n) is 3.17. The number of rotatable bonds is 15. The van der Waals surface area contributed by atoms with Gasteiger partial charge in [-0.25, -0.2) is 0 Å². The van der Waals surface area contributed by atoms with Crippen LogP contribution in [-0.2, 0) is 14.3 Å². The molecule has 0 rings (SSSR count). The zero-order valence-electron chi connectivity index (χ0n) is 13.2. The van der Waals surface area contributed by atoms with Crippen LogP contribution in [0.1, 0.15) is 71.1 Å². The van der Waals surface area contributed by atoms with E-state index in [0.29, 0.717) is 6.61 Å². The molecular formula is C15H32O3S2. The lowest BCUT2D eigenvalue weighted by Crippen LogP contribution is -2.05. The van der Waals surface area contributed by atoms with E-state index in [9.17, 15) is 8.42 Å².